The van der Waals surface area contributed by atoms with Crippen LogP contribution in [0.15, 0.2) is 42.6 Å². The van der Waals surface area contributed by atoms with Gasteiger partial charge in [0, 0.05) is 11.2 Å². The van der Waals surface area contributed by atoms with Crippen LogP contribution in [0.4, 0.5) is 0 Å². The zero-order valence-corrected chi connectivity index (χ0v) is 15.8. The summed E-state index contributed by atoms with van der Waals surface area (Å²) < 4.78 is 7.43. The molecule has 1 N–H and O–H groups in total. The van der Waals surface area contributed by atoms with Gasteiger partial charge in [0.25, 0.3) is 0 Å². The molecule has 0 aliphatic heterocycles. The minimum Gasteiger partial charge on any atom is -0.504 e. The molecule has 0 aliphatic carbocycles. The van der Waals surface area contributed by atoms with Crippen molar-refractivity contribution < 1.29 is 9.84 Å². The van der Waals surface area contributed by atoms with Gasteiger partial charge in [0.1, 0.15) is 5.75 Å². The maximum Gasteiger partial charge on any atom is 0.169 e. The van der Waals surface area contributed by atoms with Gasteiger partial charge in [-0.1, -0.05) is 47.8 Å². The highest BCUT2D eigenvalue weighted by Crippen LogP contribution is 2.36. The van der Waals surface area contributed by atoms with E-state index in [2.05, 4.69) is 17.2 Å². The number of nitrogens with zero attached hydrogens (tertiary/aromatic N) is 3. The van der Waals surface area contributed by atoms with Crippen molar-refractivity contribution in [2.45, 2.75) is 32.7 Å². The highest BCUT2D eigenvalue weighted by molar-refractivity contribution is 6.35. The van der Waals surface area contributed by atoms with Gasteiger partial charge in [-0.25, -0.2) is 4.68 Å². The number of ether oxygens (including phenoxy) is 1. The lowest BCUT2D eigenvalue weighted by Crippen LogP contribution is -2.00. The first kappa shape index (κ1) is 18.5. The summed E-state index contributed by atoms with van der Waals surface area (Å²) in [6, 6.07) is 10.1. The van der Waals surface area contributed by atoms with Crippen LogP contribution in [0.5, 0.6) is 17.2 Å². The van der Waals surface area contributed by atoms with Crippen molar-refractivity contribution in [3.63, 3.8) is 0 Å². The molecule has 3 rings (SSSR count). The van der Waals surface area contributed by atoms with Gasteiger partial charge in [0.05, 0.1) is 17.3 Å². The number of rotatable bonds is 7. The smallest absolute Gasteiger partial charge is 0.169 e. The second kappa shape index (κ2) is 8.43. The summed E-state index contributed by atoms with van der Waals surface area (Å²) in [5.41, 5.74) is 1.87. The number of benzene rings is 2. The second-order valence-corrected chi connectivity index (χ2v) is 6.83. The van der Waals surface area contributed by atoms with E-state index < -0.39 is 0 Å². The van der Waals surface area contributed by atoms with Crippen molar-refractivity contribution in [3.05, 3.63) is 63.9 Å². The number of aromatic hydroxyl groups is 1. The largest absolute Gasteiger partial charge is 0.504 e. The van der Waals surface area contributed by atoms with Crippen LogP contribution in [0, 0.1) is 0 Å². The van der Waals surface area contributed by atoms with Gasteiger partial charge in [0.2, 0.25) is 0 Å². The first-order valence-corrected chi connectivity index (χ1v) is 9.14. The van der Waals surface area contributed by atoms with Gasteiger partial charge in [0.15, 0.2) is 11.5 Å². The van der Waals surface area contributed by atoms with E-state index in [1.165, 1.54) is 0 Å². The van der Waals surface area contributed by atoms with Crippen molar-refractivity contribution in [2.75, 3.05) is 0 Å². The fraction of sp³-hybridized carbons (Fsp3) is 0.263. The van der Waals surface area contributed by atoms with E-state index in [1.54, 1.807) is 35.0 Å². The Morgan fingerprint density at radius 3 is 2.65 bits per heavy atom. The van der Waals surface area contributed by atoms with Gasteiger partial charge in [-0.3, -0.25) is 0 Å². The van der Waals surface area contributed by atoms with E-state index in [-0.39, 0.29) is 5.75 Å². The third-order valence-corrected chi connectivity index (χ3v) is 4.38. The number of phenolic OH excluding ortho intramolecular Hbond substituents is 1. The molecular weight excluding hydrogens is 373 g/mol. The number of unbranched alkanes of at least 4 members (excludes halogenated alkanes) is 1. The Morgan fingerprint density at radius 1 is 1.12 bits per heavy atom. The fourth-order valence-electron chi connectivity index (χ4n) is 2.50. The number of hydrogen-bond acceptors (Lipinski definition) is 4. The molecule has 3 aromatic rings. The van der Waals surface area contributed by atoms with Crippen LogP contribution >= 0.6 is 23.2 Å². The molecule has 5 nitrogen and oxygen atoms in total. The SMILES string of the molecule is CCCCc1cn(Cc2ccc(Oc3ccc(Cl)cc3Cl)c(O)c2)nn1. The summed E-state index contributed by atoms with van der Waals surface area (Å²) in [7, 11) is 0. The third kappa shape index (κ3) is 4.68. The van der Waals surface area contributed by atoms with E-state index in [9.17, 15) is 5.11 Å². The van der Waals surface area contributed by atoms with Crippen LogP contribution < -0.4 is 4.74 Å². The standard InChI is InChI=1S/C19H19Cl2N3O2/c1-2-3-4-15-12-24(23-22-15)11-13-5-7-19(17(25)9-13)26-18-8-6-14(20)10-16(18)21/h5-10,12,25H,2-4,11H2,1H3. The summed E-state index contributed by atoms with van der Waals surface area (Å²) in [6.45, 7) is 2.67. The molecule has 1 aromatic heterocycles. The number of aryl methyl sites for hydroxylation is 1. The summed E-state index contributed by atoms with van der Waals surface area (Å²) in [4.78, 5) is 0. The Morgan fingerprint density at radius 2 is 1.92 bits per heavy atom. The lowest BCUT2D eigenvalue weighted by Gasteiger charge is -2.10. The number of aromatic nitrogens is 3. The van der Waals surface area contributed by atoms with Crippen LogP contribution in [0.3, 0.4) is 0 Å². The maximum absolute atomic E-state index is 10.3. The molecule has 0 aliphatic rings. The van der Waals surface area contributed by atoms with Crippen molar-refractivity contribution >= 4 is 23.2 Å². The Hall–Kier alpha value is -2.24. The highest BCUT2D eigenvalue weighted by Gasteiger charge is 2.10. The van der Waals surface area contributed by atoms with Crippen molar-refractivity contribution in [2.24, 2.45) is 0 Å². The molecule has 0 fully saturated rings. The molecule has 0 atom stereocenters. The van der Waals surface area contributed by atoms with Crippen molar-refractivity contribution in [1.29, 1.82) is 0 Å². The lowest BCUT2D eigenvalue weighted by atomic mass is 10.2. The Balaban J connectivity index is 1.70. The van der Waals surface area contributed by atoms with Crippen LogP contribution in [-0.4, -0.2) is 20.1 Å². The number of halogens is 2. The minimum absolute atomic E-state index is 0.0276. The van der Waals surface area contributed by atoms with E-state index in [4.69, 9.17) is 27.9 Å². The van der Waals surface area contributed by atoms with Crippen molar-refractivity contribution in [1.82, 2.24) is 15.0 Å². The van der Waals surface area contributed by atoms with Gasteiger partial charge in [-0.2, -0.15) is 0 Å². The zero-order valence-electron chi connectivity index (χ0n) is 14.3. The quantitative estimate of drug-likeness (QED) is 0.579. The predicted octanol–water partition coefficient (Wildman–Crippen LogP) is 5.47. The monoisotopic (exact) mass is 391 g/mol. The van der Waals surface area contributed by atoms with Crippen LogP contribution in [0.1, 0.15) is 31.0 Å². The molecule has 0 bridgehead atoms. The molecule has 26 heavy (non-hydrogen) atoms. The first-order valence-electron chi connectivity index (χ1n) is 8.39. The maximum atomic E-state index is 10.3. The van der Waals surface area contributed by atoms with Crippen LogP contribution in [0.2, 0.25) is 10.0 Å². The molecule has 0 saturated heterocycles. The summed E-state index contributed by atoms with van der Waals surface area (Å²) in [6.07, 6.45) is 5.08. The summed E-state index contributed by atoms with van der Waals surface area (Å²) >= 11 is 12.0. The molecule has 0 unspecified atom stereocenters. The first-order chi connectivity index (χ1) is 12.5. The topological polar surface area (TPSA) is 60.2 Å². The van der Waals surface area contributed by atoms with Gasteiger partial charge < -0.3 is 9.84 Å². The van der Waals surface area contributed by atoms with E-state index in [0.717, 1.165) is 30.5 Å². The zero-order chi connectivity index (χ0) is 18.5. The molecule has 136 valence electrons. The Labute approximate surface area is 162 Å². The Kier molecular flexibility index (Phi) is 6.01. The Bertz CT molecular complexity index is 896. The molecule has 0 amide bonds. The van der Waals surface area contributed by atoms with Gasteiger partial charge in [-0.05, 0) is 48.7 Å². The van der Waals surface area contributed by atoms with Gasteiger partial charge >= 0.3 is 0 Å². The normalized spacial score (nSPS) is 10.9. The molecular formula is C19H19Cl2N3O2. The number of phenols is 1. The lowest BCUT2D eigenvalue weighted by molar-refractivity contribution is 0.410. The number of hydrogen-bond donors (Lipinski definition) is 1. The van der Waals surface area contributed by atoms with E-state index in [0.29, 0.717) is 28.1 Å². The molecule has 7 heteroatoms. The highest BCUT2D eigenvalue weighted by atomic mass is 35.5. The second-order valence-electron chi connectivity index (χ2n) is 5.99. The molecule has 0 spiro atoms. The predicted molar refractivity (Wildman–Crippen MR) is 102 cm³/mol. The third-order valence-electron chi connectivity index (χ3n) is 3.85. The molecule has 0 radical (unpaired) electrons. The minimum atomic E-state index is 0.0276. The average Bonchev–Trinajstić information content (AvgIpc) is 3.05. The van der Waals surface area contributed by atoms with Crippen LogP contribution in [0.25, 0.3) is 0 Å². The van der Waals surface area contributed by atoms with Gasteiger partial charge in [-0.15, -0.1) is 5.10 Å². The fourth-order valence-corrected chi connectivity index (χ4v) is 2.95. The van der Waals surface area contributed by atoms with E-state index >= 15 is 0 Å². The van der Waals surface area contributed by atoms with Crippen LogP contribution in [-0.2, 0) is 13.0 Å². The summed E-state index contributed by atoms with van der Waals surface area (Å²) in [5.74, 6) is 0.774. The molecule has 2 aromatic carbocycles. The van der Waals surface area contributed by atoms with E-state index in [1.807, 2.05) is 12.3 Å². The molecule has 0 saturated carbocycles. The average molecular weight is 392 g/mol. The molecule has 1 heterocycles. The summed E-state index contributed by atoms with van der Waals surface area (Å²) in [5, 5.41) is 19.4. The van der Waals surface area contributed by atoms with Crippen molar-refractivity contribution in [3.8, 4) is 17.2 Å².